The maximum absolute atomic E-state index is 11.6. The molecule has 0 aliphatic carbocycles. The van der Waals surface area contributed by atoms with Gasteiger partial charge >= 0.3 is 0 Å². The van der Waals surface area contributed by atoms with E-state index in [0.717, 1.165) is 15.1 Å². The first-order valence-electron chi connectivity index (χ1n) is 5.18. The van der Waals surface area contributed by atoms with Gasteiger partial charge in [0.25, 0.3) is 0 Å². The molecule has 0 fully saturated rings. The van der Waals surface area contributed by atoms with E-state index in [0.29, 0.717) is 0 Å². The van der Waals surface area contributed by atoms with Gasteiger partial charge in [-0.2, -0.15) is 0 Å². The zero-order valence-corrected chi connectivity index (χ0v) is 12.1. The first-order chi connectivity index (χ1) is 7.43. The topological polar surface area (TPSA) is 29.1 Å². The molecule has 88 valence electrons. The molecule has 1 N–H and O–H groups in total. The van der Waals surface area contributed by atoms with Gasteiger partial charge in [-0.15, -0.1) is 11.3 Å². The molecular weight excluding hydrogens is 286 g/mol. The second kappa shape index (κ2) is 5.64. The van der Waals surface area contributed by atoms with Gasteiger partial charge in [0.15, 0.2) is 0 Å². The summed E-state index contributed by atoms with van der Waals surface area (Å²) in [4.78, 5) is 12.7. The Bertz CT molecular complexity index is 395. The third-order valence-electron chi connectivity index (χ3n) is 2.34. The average Bonchev–Trinajstić information content (AvgIpc) is 2.61. The molecule has 1 heterocycles. The second-order valence-corrected chi connectivity index (χ2v) is 6.70. The van der Waals surface area contributed by atoms with Gasteiger partial charge in [-0.1, -0.05) is 6.92 Å². The van der Waals surface area contributed by atoms with Crippen molar-refractivity contribution in [3.8, 4) is 0 Å². The van der Waals surface area contributed by atoms with Gasteiger partial charge < -0.3 is 5.32 Å². The second-order valence-electron chi connectivity index (χ2n) is 4.20. The van der Waals surface area contributed by atoms with Crippen LogP contribution in [0.3, 0.4) is 0 Å². The summed E-state index contributed by atoms with van der Waals surface area (Å²) in [5, 5.41) is 2.95. The molecule has 4 heteroatoms. The molecule has 1 aromatic rings. The van der Waals surface area contributed by atoms with Crippen LogP contribution >= 0.6 is 27.3 Å². The molecule has 0 unspecified atom stereocenters. The molecule has 0 spiro atoms. The molecule has 1 rings (SSSR count). The Morgan fingerprint density at radius 2 is 2.25 bits per heavy atom. The van der Waals surface area contributed by atoms with E-state index in [1.165, 1.54) is 0 Å². The van der Waals surface area contributed by atoms with E-state index < -0.39 is 0 Å². The molecule has 0 saturated heterocycles. The molecule has 1 amide bonds. The number of carbonyl (C=O) groups is 1. The van der Waals surface area contributed by atoms with Crippen LogP contribution in [0.5, 0.6) is 0 Å². The van der Waals surface area contributed by atoms with Crippen molar-refractivity contribution in [2.75, 3.05) is 0 Å². The molecule has 0 atom stereocenters. The van der Waals surface area contributed by atoms with E-state index in [4.69, 9.17) is 0 Å². The van der Waals surface area contributed by atoms with Crippen LogP contribution in [-0.4, -0.2) is 11.4 Å². The van der Waals surface area contributed by atoms with Gasteiger partial charge in [-0.3, -0.25) is 4.79 Å². The SMILES string of the molecule is CCC(C)(C)NC(=O)/C=C/c1ccc(Br)s1. The van der Waals surface area contributed by atoms with Crippen LogP contribution in [0.4, 0.5) is 0 Å². The predicted octanol–water partition coefficient (Wildman–Crippen LogP) is 3.83. The smallest absolute Gasteiger partial charge is 0.244 e. The normalized spacial score (nSPS) is 12.0. The molecule has 0 aromatic carbocycles. The predicted molar refractivity (Wildman–Crippen MR) is 73.6 cm³/mol. The van der Waals surface area contributed by atoms with Crippen molar-refractivity contribution in [2.45, 2.75) is 32.7 Å². The maximum atomic E-state index is 11.6. The summed E-state index contributed by atoms with van der Waals surface area (Å²) in [6.07, 6.45) is 4.32. The van der Waals surface area contributed by atoms with E-state index in [1.807, 2.05) is 32.1 Å². The molecule has 2 nitrogen and oxygen atoms in total. The average molecular weight is 302 g/mol. The quantitative estimate of drug-likeness (QED) is 0.842. The van der Waals surface area contributed by atoms with Crippen LogP contribution in [0.25, 0.3) is 6.08 Å². The van der Waals surface area contributed by atoms with E-state index in [1.54, 1.807) is 17.4 Å². The van der Waals surface area contributed by atoms with Crippen LogP contribution in [-0.2, 0) is 4.79 Å². The van der Waals surface area contributed by atoms with Crippen molar-refractivity contribution >= 4 is 39.2 Å². The van der Waals surface area contributed by atoms with E-state index in [9.17, 15) is 4.79 Å². The van der Waals surface area contributed by atoms with Crippen molar-refractivity contribution in [1.29, 1.82) is 0 Å². The van der Waals surface area contributed by atoms with Gasteiger partial charge in [0.2, 0.25) is 5.91 Å². The molecule has 0 saturated carbocycles. The van der Waals surface area contributed by atoms with E-state index >= 15 is 0 Å². The Hall–Kier alpha value is -0.610. The lowest BCUT2D eigenvalue weighted by atomic mass is 10.0. The summed E-state index contributed by atoms with van der Waals surface area (Å²) < 4.78 is 1.07. The number of halogens is 1. The third-order valence-corrected chi connectivity index (χ3v) is 3.93. The summed E-state index contributed by atoms with van der Waals surface area (Å²) in [7, 11) is 0. The van der Waals surface area contributed by atoms with Gasteiger partial charge in [0.05, 0.1) is 3.79 Å². The lowest BCUT2D eigenvalue weighted by Gasteiger charge is -2.23. The zero-order valence-electron chi connectivity index (χ0n) is 9.71. The van der Waals surface area contributed by atoms with Gasteiger partial charge in [-0.05, 0) is 54.4 Å². The highest BCUT2D eigenvalue weighted by atomic mass is 79.9. The van der Waals surface area contributed by atoms with Crippen LogP contribution in [0.2, 0.25) is 0 Å². The number of hydrogen-bond acceptors (Lipinski definition) is 2. The minimum atomic E-state index is -0.141. The number of nitrogens with one attached hydrogen (secondary N) is 1. The van der Waals surface area contributed by atoms with Crippen molar-refractivity contribution in [3.05, 3.63) is 26.9 Å². The van der Waals surface area contributed by atoms with Crippen molar-refractivity contribution in [3.63, 3.8) is 0 Å². The summed E-state index contributed by atoms with van der Waals surface area (Å²) in [5.41, 5.74) is -0.141. The van der Waals surface area contributed by atoms with Crippen molar-refractivity contribution in [2.24, 2.45) is 0 Å². The fourth-order valence-corrected chi connectivity index (χ4v) is 2.37. The summed E-state index contributed by atoms with van der Waals surface area (Å²) in [5.74, 6) is -0.0450. The lowest BCUT2D eigenvalue weighted by molar-refractivity contribution is -0.117. The Morgan fingerprint density at radius 3 is 2.75 bits per heavy atom. The molecule has 1 aromatic heterocycles. The summed E-state index contributed by atoms with van der Waals surface area (Å²) >= 11 is 4.99. The minimum Gasteiger partial charge on any atom is -0.348 e. The van der Waals surface area contributed by atoms with Crippen LogP contribution in [0, 0.1) is 0 Å². The van der Waals surface area contributed by atoms with E-state index in [2.05, 4.69) is 28.2 Å². The summed E-state index contributed by atoms with van der Waals surface area (Å²) in [6, 6.07) is 3.95. The first-order valence-corrected chi connectivity index (χ1v) is 6.79. The van der Waals surface area contributed by atoms with E-state index in [-0.39, 0.29) is 11.4 Å². The molecular formula is C12H16BrNOS. The number of hydrogen-bond donors (Lipinski definition) is 1. The fourth-order valence-electron chi connectivity index (χ4n) is 1.04. The highest BCUT2D eigenvalue weighted by Crippen LogP contribution is 2.22. The fraction of sp³-hybridized carbons (Fsp3) is 0.417. The molecule has 16 heavy (non-hydrogen) atoms. The Morgan fingerprint density at radius 1 is 1.56 bits per heavy atom. The number of carbonyl (C=O) groups excluding carboxylic acids is 1. The Kier molecular flexibility index (Phi) is 4.74. The standard InChI is InChI=1S/C12H16BrNOS/c1-4-12(2,3)14-11(15)8-6-9-5-7-10(13)16-9/h5-8H,4H2,1-3H3,(H,14,15)/b8-6+. The first kappa shape index (κ1) is 13.5. The van der Waals surface area contributed by atoms with Crippen molar-refractivity contribution in [1.82, 2.24) is 5.32 Å². The molecule has 0 aliphatic rings. The van der Waals surface area contributed by atoms with Gasteiger partial charge in [0.1, 0.15) is 0 Å². The monoisotopic (exact) mass is 301 g/mol. The molecule has 0 aliphatic heterocycles. The third kappa shape index (κ3) is 4.49. The number of rotatable bonds is 4. The van der Waals surface area contributed by atoms with Gasteiger partial charge in [0, 0.05) is 16.5 Å². The number of thiophene rings is 1. The zero-order chi connectivity index (χ0) is 12.2. The summed E-state index contributed by atoms with van der Waals surface area (Å²) in [6.45, 7) is 6.08. The van der Waals surface area contributed by atoms with Crippen molar-refractivity contribution < 1.29 is 4.79 Å². The van der Waals surface area contributed by atoms with Crippen LogP contribution < -0.4 is 5.32 Å². The number of amides is 1. The van der Waals surface area contributed by atoms with Gasteiger partial charge in [-0.25, -0.2) is 0 Å². The Labute approximate surface area is 109 Å². The largest absolute Gasteiger partial charge is 0.348 e. The minimum absolute atomic E-state index is 0.0450. The Balaban J connectivity index is 2.55. The highest BCUT2D eigenvalue weighted by molar-refractivity contribution is 9.11. The van der Waals surface area contributed by atoms with Crippen LogP contribution in [0.1, 0.15) is 32.1 Å². The molecule has 0 radical (unpaired) electrons. The maximum Gasteiger partial charge on any atom is 0.244 e. The van der Waals surface area contributed by atoms with Crippen LogP contribution in [0.15, 0.2) is 22.0 Å². The lowest BCUT2D eigenvalue weighted by Crippen LogP contribution is -2.41. The highest BCUT2D eigenvalue weighted by Gasteiger charge is 2.15. The molecule has 0 bridgehead atoms.